The number of nitrogens with one attached hydrogen (secondary N) is 1. The number of amides is 1. The molecule has 3 rings (SSSR count). The molecule has 0 radical (unpaired) electrons. The summed E-state index contributed by atoms with van der Waals surface area (Å²) in [6.45, 7) is 3.54. The van der Waals surface area contributed by atoms with E-state index in [0.29, 0.717) is 6.54 Å². The molecule has 1 heterocycles. The van der Waals surface area contributed by atoms with Crippen molar-refractivity contribution < 1.29 is 9.53 Å². The average molecular weight is 322 g/mol. The highest BCUT2D eigenvalue weighted by Gasteiger charge is 2.04. The number of carbonyl (C=O) groups excluding carboxylic acids is 1. The lowest BCUT2D eigenvalue weighted by atomic mass is 10.2. The van der Waals surface area contributed by atoms with Gasteiger partial charge in [-0.25, -0.2) is 0 Å². The highest BCUT2D eigenvalue weighted by molar-refractivity contribution is 5.80. The number of carbonyl (C=O) groups is 1. The molecule has 4 heteroatoms. The van der Waals surface area contributed by atoms with Gasteiger partial charge < -0.3 is 14.6 Å². The van der Waals surface area contributed by atoms with E-state index in [4.69, 9.17) is 4.74 Å². The number of ether oxygens (including phenoxy) is 1. The van der Waals surface area contributed by atoms with Crippen LogP contribution in [0.1, 0.15) is 12.0 Å². The van der Waals surface area contributed by atoms with Crippen LogP contribution in [0.4, 0.5) is 0 Å². The fourth-order valence-electron chi connectivity index (χ4n) is 2.73. The quantitative estimate of drug-likeness (QED) is 0.676. The number of nitrogens with zero attached hydrogens (tertiary/aromatic N) is 1. The minimum atomic E-state index is -0.0874. The number of hydrogen-bond acceptors (Lipinski definition) is 2. The maximum atomic E-state index is 11.9. The van der Waals surface area contributed by atoms with Crippen molar-refractivity contribution in [1.29, 1.82) is 0 Å². The summed E-state index contributed by atoms with van der Waals surface area (Å²) in [5.41, 5.74) is 2.26. The predicted molar refractivity (Wildman–Crippen MR) is 96.2 cm³/mol. The topological polar surface area (TPSA) is 43.3 Å². The molecule has 0 unspecified atom stereocenters. The van der Waals surface area contributed by atoms with Gasteiger partial charge in [-0.3, -0.25) is 4.79 Å². The second-order valence-electron chi connectivity index (χ2n) is 5.83. The van der Waals surface area contributed by atoms with Gasteiger partial charge in [-0.05, 0) is 42.5 Å². The lowest BCUT2D eigenvalue weighted by Gasteiger charge is -2.10. The third-order valence-corrected chi connectivity index (χ3v) is 4.03. The maximum absolute atomic E-state index is 11.9. The molecule has 0 aliphatic carbocycles. The largest absolute Gasteiger partial charge is 0.484 e. The Kier molecular flexibility index (Phi) is 5.16. The van der Waals surface area contributed by atoms with Gasteiger partial charge in [0.2, 0.25) is 0 Å². The van der Waals surface area contributed by atoms with Crippen molar-refractivity contribution in [1.82, 2.24) is 9.88 Å². The minimum Gasteiger partial charge on any atom is -0.484 e. The van der Waals surface area contributed by atoms with E-state index in [2.05, 4.69) is 34.3 Å². The van der Waals surface area contributed by atoms with Crippen LogP contribution in [-0.4, -0.2) is 23.6 Å². The first-order chi connectivity index (χ1) is 11.7. The number of aromatic nitrogens is 1. The predicted octanol–water partition coefficient (Wildman–Crippen LogP) is 3.54. The molecule has 3 aromatic rings. The number of fused-ring (bicyclic) bond motifs is 1. The van der Waals surface area contributed by atoms with Crippen molar-refractivity contribution in [2.45, 2.75) is 19.9 Å². The van der Waals surface area contributed by atoms with Crippen LogP contribution in [0.5, 0.6) is 5.75 Å². The minimum absolute atomic E-state index is 0.0529. The van der Waals surface area contributed by atoms with Gasteiger partial charge in [0, 0.05) is 24.8 Å². The summed E-state index contributed by atoms with van der Waals surface area (Å²) in [6.07, 6.45) is 2.97. The Morgan fingerprint density at radius 1 is 1.08 bits per heavy atom. The molecule has 2 aromatic carbocycles. The number of aryl methyl sites for hydroxylation is 2. The molecule has 0 spiro atoms. The van der Waals surface area contributed by atoms with E-state index >= 15 is 0 Å². The Labute approximate surface area is 142 Å². The first-order valence-electron chi connectivity index (χ1n) is 8.23. The van der Waals surface area contributed by atoms with Crippen LogP contribution in [-0.2, 0) is 11.3 Å². The zero-order chi connectivity index (χ0) is 16.8. The monoisotopic (exact) mass is 322 g/mol. The summed E-state index contributed by atoms with van der Waals surface area (Å²) >= 11 is 0. The lowest BCUT2D eigenvalue weighted by molar-refractivity contribution is -0.123. The molecule has 0 saturated carbocycles. The molecule has 24 heavy (non-hydrogen) atoms. The van der Waals surface area contributed by atoms with Crippen LogP contribution in [0.3, 0.4) is 0 Å². The molecule has 0 bridgehead atoms. The molecule has 0 aliphatic heterocycles. The van der Waals surface area contributed by atoms with E-state index in [1.165, 1.54) is 10.9 Å². The van der Waals surface area contributed by atoms with E-state index in [1.807, 2.05) is 43.3 Å². The van der Waals surface area contributed by atoms with Crippen molar-refractivity contribution >= 4 is 16.8 Å². The Morgan fingerprint density at radius 2 is 1.88 bits per heavy atom. The number of hydrogen-bond donors (Lipinski definition) is 1. The van der Waals surface area contributed by atoms with E-state index in [-0.39, 0.29) is 12.5 Å². The van der Waals surface area contributed by atoms with E-state index < -0.39 is 0 Å². The molecule has 1 amide bonds. The van der Waals surface area contributed by atoms with E-state index in [1.54, 1.807) is 0 Å². The SMILES string of the molecule is Cc1ccccc1OCC(=O)NCCCn1ccc2ccccc21. The van der Waals surface area contributed by atoms with Crippen molar-refractivity contribution in [3.05, 3.63) is 66.4 Å². The molecule has 0 aliphatic rings. The van der Waals surface area contributed by atoms with Gasteiger partial charge in [-0.2, -0.15) is 0 Å². The first kappa shape index (κ1) is 16.1. The lowest BCUT2D eigenvalue weighted by Crippen LogP contribution is -2.30. The van der Waals surface area contributed by atoms with Gasteiger partial charge >= 0.3 is 0 Å². The normalized spacial score (nSPS) is 10.7. The number of para-hydroxylation sites is 2. The molecule has 124 valence electrons. The summed E-state index contributed by atoms with van der Waals surface area (Å²) in [7, 11) is 0. The molecular weight excluding hydrogens is 300 g/mol. The molecule has 1 N–H and O–H groups in total. The van der Waals surface area contributed by atoms with Crippen molar-refractivity contribution in [2.24, 2.45) is 0 Å². The maximum Gasteiger partial charge on any atom is 0.257 e. The molecule has 0 saturated heterocycles. The van der Waals surface area contributed by atoms with Gasteiger partial charge in [0.1, 0.15) is 5.75 Å². The third kappa shape index (κ3) is 3.96. The Hall–Kier alpha value is -2.75. The highest BCUT2D eigenvalue weighted by atomic mass is 16.5. The van der Waals surface area contributed by atoms with Gasteiger partial charge in [0.05, 0.1) is 0 Å². The fraction of sp³-hybridized carbons (Fsp3) is 0.250. The number of benzene rings is 2. The summed E-state index contributed by atoms with van der Waals surface area (Å²) in [4.78, 5) is 11.9. The zero-order valence-electron chi connectivity index (χ0n) is 13.9. The standard InChI is InChI=1S/C20H22N2O2/c1-16-7-2-5-10-19(16)24-15-20(23)21-12-6-13-22-14-11-17-8-3-4-9-18(17)22/h2-5,7-11,14H,6,12-13,15H2,1H3,(H,21,23). The highest BCUT2D eigenvalue weighted by Crippen LogP contribution is 2.16. The van der Waals surface area contributed by atoms with Gasteiger partial charge in [0.15, 0.2) is 6.61 Å². The molecule has 0 fully saturated rings. The summed E-state index contributed by atoms with van der Waals surface area (Å²) in [5, 5.41) is 4.15. The summed E-state index contributed by atoms with van der Waals surface area (Å²) < 4.78 is 7.76. The van der Waals surface area contributed by atoms with E-state index in [0.717, 1.165) is 24.3 Å². The molecule has 0 atom stereocenters. The first-order valence-corrected chi connectivity index (χ1v) is 8.23. The van der Waals surface area contributed by atoms with Crippen LogP contribution in [0.25, 0.3) is 10.9 Å². The second kappa shape index (κ2) is 7.68. The van der Waals surface area contributed by atoms with Gasteiger partial charge in [-0.1, -0.05) is 36.4 Å². The average Bonchev–Trinajstić information content (AvgIpc) is 3.01. The Morgan fingerprint density at radius 3 is 2.75 bits per heavy atom. The van der Waals surface area contributed by atoms with Gasteiger partial charge in [0.25, 0.3) is 5.91 Å². The van der Waals surface area contributed by atoms with Crippen LogP contribution >= 0.6 is 0 Å². The Bertz CT molecular complexity index is 823. The zero-order valence-corrected chi connectivity index (χ0v) is 13.9. The summed E-state index contributed by atoms with van der Waals surface area (Å²) in [6, 6.07) is 18.1. The van der Waals surface area contributed by atoms with Crippen molar-refractivity contribution in [2.75, 3.05) is 13.2 Å². The second-order valence-corrected chi connectivity index (χ2v) is 5.83. The fourth-order valence-corrected chi connectivity index (χ4v) is 2.73. The molecule has 4 nitrogen and oxygen atoms in total. The third-order valence-electron chi connectivity index (χ3n) is 4.03. The van der Waals surface area contributed by atoms with Crippen LogP contribution in [0.2, 0.25) is 0 Å². The van der Waals surface area contributed by atoms with Gasteiger partial charge in [-0.15, -0.1) is 0 Å². The summed E-state index contributed by atoms with van der Waals surface area (Å²) in [5.74, 6) is 0.669. The smallest absolute Gasteiger partial charge is 0.257 e. The van der Waals surface area contributed by atoms with Crippen LogP contribution < -0.4 is 10.1 Å². The van der Waals surface area contributed by atoms with Crippen molar-refractivity contribution in [3.8, 4) is 5.75 Å². The Balaban J connectivity index is 1.40. The van der Waals surface area contributed by atoms with E-state index in [9.17, 15) is 4.79 Å². The molecule has 1 aromatic heterocycles. The molecular formula is C20H22N2O2. The van der Waals surface area contributed by atoms with Crippen molar-refractivity contribution in [3.63, 3.8) is 0 Å². The number of rotatable bonds is 7. The van der Waals surface area contributed by atoms with Crippen LogP contribution in [0, 0.1) is 6.92 Å². The van der Waals surface area contributed by atoms with Crippen LogP contribution in [0.15, 0.2) is 60.8 Å².